The molecule has 1 amide bonds. The number of primary amides is 1. The molecule has 0 spiro atoms. The number of piperidine rings is 1. The monoisotopic (exact) mass is 290 g/mol. The first kappa shape index (κ1) is 14.8. The highest BCUT2D eigenvalue weighted by molar-refractivity contribution is 5.83. The first-order chi connectivity index (χ1) is 9.35. The fourth-order valence-corrected chi connectivity index (χ4v) is 2.48. The molecule has 1 heterocycles. The molecule has 0 radical (unpaired) electrons. The Morgan fingerprint density at radius 2 is 1.85 bits per heavy atom. The highest BCUT2D eigenvalue weighted by atomic mass is 19.3. The number of rotatable bonds is 3. The first-order valence-corrected chi connectivity index (χ1v) is 6.22. The number of nitrogens with one attached hydrogen (secondary N) is 1. The van der Waals surface area contributed by atoms with Crippen molar-refractivity contribution in [2.45, 2.75) is 24.7 Å². The van der Waals surface area contributed by atoms with Gasteiger partial charge in [0.2, 0.25) is 0 Å². The van der Waals surface area contributed by atoms with E-state index in [1.807, 2.05) is 0 Å². The van der Waals surface area contributed by atoms with Crippen LogP contribution in [0.2, 0.25) is 0 Å². The van der Waals surface area contributed by atoms with Gasteiger partial charge in [0.05, 0.1) is 5.56 Å². The predicted octanol–water partition coefficient (Wildman–Crippen LogP) is 2.01. The molecule has 0 atom stereocenters. The fraction of sp³-hybridized carbons (Fsp3) is 0.462. The second kappa shape index (κ2) is 5.40. The molecule has 2 rings (SSSR count). The Labute approximate surface area is 113 Å². The maximum Gasteiger partial charge on any atom is 0.352 e. The van der Waals surface area contributed by atoms with Crippen molar-refractivity contribution >= 4 is 5.91 Å². The molecule has 20 heavy (non-hydrogen) atoms. The summed E-state index contributed by atoms with van der Waals surface area (Å²) in [5.41, 5.74) is 3.36. The molecule has 0 aliphatic carbocycles. The molecule has 1 aromatic carbocycles. The van der Waals surface area contributed by atoms with Crippen LogP contribution in [0, 0.1) is 11.6 Å². The molecule has 1 saturated heterocycles. The average Bonchev–Trinajstić information content (AvgIpc) is 2.42. The van der Waals surface area contributed by atoms with Crippen molar-refractivity contribution in [2.75, 3.05) is 13.1 Å². The van der Waals surface area contributed by atoms with Gasteiger partial charge in [0, 0.05) is 0 Å². The summed E-state index contributed by atoms with van der Waals surface area (Å²) in [6, 6.07) is 1.91. The van der Waals surface area contributed by atoms with Gasteiger partial charge in [0.1, 0.15) is 0 Å². The van der Waals surface area contributed by atoms with E-state index in [0.29, 0.717) is 25.9 Å². The van der Waals surface area contributed by atoms with Gasteiger partial charge >= 0.3 is 5.92 Å². The molecule has 0 aromatic heterocycles. The molecule has 0 unspecified atom stereocenters. The molecular weight excluding hydrogens is 276 g/mol. The van der Waals surface area contributed by atoms with Gasteiger partial charge in [0.15, 0.2) is 11.6 Å². The van der Waals surface area contributed by atoms with Crippen molar-refractivity contribution in [3.63, 3.8) is 0 Å². The van der Waals surface area contributed by atoms with Crippen LogP contribution in [0.3, 0.4) is 0 Å². The number of halogens is 4. The van der Waals surface area contributed by atoms with Crippen LogP contribution in [0.4, 0.5) is 17.6 Å². The average molecular weight is 290 g/mol. The minimum atomic E-state index is -4.23. The lowest BCUT2D eigenvalue weighted by Gasteiger charge is -2.27. The van der Waals surface area contributed by atoms with E-state index in [1.165, 1.54) is 0 Å². The molecular formula is C13H14F4N2O. The van der Waals surface area contributed by atoms with Gasteiger partial charge in [-0.15, -0.1) is 0 Å². The molecule has 3 nitrogen and oxygen atoms in total. The number of hydrogen-bond acceptors (Lipinski definition) is 2. The van der Waals surface area contributed by atoms with E-state index in [9.17, 15) is 22.4 Å². The third-order valence-electron chi connectivity index (χ3n) is 3.53. The van der Waals surface area contributed by atoms with Crippen molar-refractivity contribution in [2.24, 2.45) is 5.73 Å². The standard InChI is InChI=1S/C13H14F4N2O/c14-9-2-1-8(7-3-5-19-6-4-7)10(11(9)15)13(16,17)12(18)20/h1-2,7,19H,3-6H2,(H2,18,20). The van der Waals surface area contributed by atoms with E-state index in [2.05, 4.69) is 11.1 Å². The van der Waals surface area contributed by atoms with Crippen LogP contribution in [0.25, 0.3) is 0 Å². The summed E-state index contributed by atoms with van der Waals surface area (Å²) in [5, 5.41) is 3.04. The molecule has 110 valence electrons. The maximum absolute atomic E-state index is 13.8. The number of carbonyl (C=O) groups is 1. The van der Waals surface area contributed by atoms with Crippen LogP contribution in [0.15, 0.2) is 12.1 Å². The third kappa shape index (κ3) is 2.49. The summed E-state index contributed by atoms with van der Waals surface area (Å²) < 4.78 is 54.7. The van der Waals surface area contributed by atoms with Gasteiger partial charge in [-0.3, -0.25) is 4.79 Å². The summed E-state index contributed by atoms with van der Waals surface area (Å²) in [4.78, 5) is 10.9. The molecule has 1 fully saturated rings. The van der Waals surface area contributed by atoms with E-state index in [-0.39, 0.29) is 11.5 Å². The van der Waals surface area contributed by atoms with E-state index in [1.54, 1.807) is 0 Å². The van der Waals surface area contributed by atoms with E-state index in [0.717, 1.165) is 12.1 Å². The van der Waals surface area contributed by atoms with Crippen LogP contribution >= 0.6 is 0 Å². The molecule has 1 aliphatic rings. The van der Waals surface area contributed by atoms with Crippen LogP contribution < -0.4 is 11.1 Å². The number of hydrogen-bond donors (Lipinski definition) is 2. The Balaban J connectivity index is 2.57. The molecule has 3 N–H and O–H groups in total. The first-order valence-electron chi connectivity index (χ1n) is 6.22. The van der Waals surface area contributed by atoms with Crippen molar-refractivity contribution in [1.29, 1.82) is 0 Å². The van der Waals surface area contributed by atoms with Gasteiger partial charge in [-0.1, -0.05) is 6.07 Å². The summed E-state index contributed by atoms with van der Waals surface area (Å²) in [6.45, 7) is 1.18. The Hall–Kier alpha value is -1.63. The minimum Gasteiger partial charge on any atom is -0.364 e. The zero-order valence-electron chi connectivity index (χ0n) is 10.6. The molecule has 0 bridgehead atoms. The Bertz CT molecular complexity index is 527. The molecule has 1 aromatic rings. The van der Waals surface area contributed by atoms with Gasteiger partial charge < -0.3 is 11.1 Å². The van der Waals surface area contributed by atoms with Crippen LogP contribution in [0.5, 0.6) is 0 Å². The summed E-state index contributed by atoms with van der Waals surface area (Å²) in [7, 11) is 0. The van der Waals surface area contributed by atoms with Crippen LogP contribution in [0.1, 0.15) is 29.9 Å². The quantitative estimate of drug-likeness (QED) is 0.837. The second-order valence-corrected chi connectivity index (χ2v) is 4.79. The van der Waals surface area contributed by atoms with Gasteiger partial charge in [-0.05, 0) is 43.5 Å². The van der Waals surface area contributed by atoms with Crippen molar-refractivity contribution in [3.05, 3.63) is 34.9 Å². The zero-order valence-corrected chi connectivity index (χ0v) is 10.6. The lowest BCUT2D eigenvalue weighted by atomic mass is 9.84. The molecule has 7 heteroatoms. The summed E-state index contributed by atoms with van der Waals surface area (Å²) >= 11 is 0. The van der Waals surface area contributed by atoms with Crippen molar-refractivity contribution < 1.29 is 22.4 Å². The van der Waals surface area contributed by atoms with Crippen molar-refractivity contribution in [3.8, 4) is 0 Å². The zero-order chi connectivity index (χ0) is 14.9. The van der Waals surface area contributed by atoms with Gasteiger partial charge in [0.25, 0.3) is 5.91 Å². The van der Waals surface area contributed by atoms with Gasteiger partial charge in [-0.25, -0.2) is 8.78 Å². The fourth-order valence-electron chi connectivity index (χ4n) is 2.48. The normalized spacial score (nSPS) is 17.2. The molecule has 1 aliphatic heterocycles. The van der Waals surface area contributed by atoms with Gasteiger partial charge in [-0.2, -0.15) is 8.78 Å². The second-order valence-electron chi connectivity index (χ2n) is 4.79. The largest absolute Gasteiger partial charge is 0.364 e. The van der Waals surface area contributed by atoms with Crippen LogP contribution in [-0.2, 0) is 10.7 Å². The lowest BCUT2D eigenvalue weighted by Crippen LogP contribution is -2.36. The van der Waals surface area contributed by atoms with E-state index in [4.69, 9.17) is 0 Å². The Kier molecular flexibility index (Phi) is 3.99. The third-order valence-corrected chi connectivity index (χ3v) is 3.53. The topological polar surface area (TPSA) is 55.1 Å². The SMILES string of the molecule is NC(=O)C(F)(F)c1c(C2CCNCC2)ccc(F)c1F. The lowest BCUT2D eigenvalue weighted by molar-refractivity contribution is -0.143. The number of benzene rings is 1. The Morgan fingerprint density at radius 1 is 1.25 bits per heavy atom. The van der Waals surface area contributed by atoms with Crippen molar-refractivity contribution in [1.82, 2.24) is 5.32 Å². The molecule has 0 saturated carbocycles. The summed E-state index contributed by atoms with van der Waals surface area (Å²) in [6.07, 6.45) is 1.01. The number of amides is 1. The summed E-state index contributed by atoms with van der Waals surface area (Å²) in [5.74, 6) is -9.70. The highest BCUT2D eigenvalue weighted by Gasteiger charge is 2.45. The van der Waals surface area contributed by atoms with E-state index < -0.39 is 29.0 Å². The number of nitrogens with two attached hydrogens (primary N) is 1. The van der Waals surface area contributed by atoms with Crippen LogP contribution in [-0.4, -0.2) is 19.0 Å². The number of carbonyl (C=O) groups excluding carboxylic acids is 1. The van der Waals surface area contributed by atoms with E-state index >= 15 is 0 Å². The predicted molar refractivity (Wildman–Crippen MR) is 64.3 cm³/mol. The number of alkyl halides is 2. The highest BCUT2D eigenvalue weighted by Crippen LogP contribution is 2.39. The Morgan fingerprint density at radius 3 is 2.40 bits per heavy atom. The minimum absolute atomic E-state index is 0.0470. The smallest absolute Gasteiger partial charge is 0.352 e. The maximum atomic E-state index is 13.8.